The second kappa shape index (κ2) is 9.03. The van der Waals surface area contributed by atoms with E-state index in [0.29, 0.717) is 38.4 Å². The van der Waals surface area contributed by atoms with Crippen LogP contribution in [0.15, 0.2) is 29.2 Å². The quantitative estimate of drug-likeness (QED) is 0.722. The molecule has 1 N–H and O–H groups in total. The fourth-order valence-corrected chi connectivity index (χ4v) is 6.26. The SMILES string of the molecule is O=C(NCc1ccccc1S(=O)(=O)N1CCOCC1)[C@H]1CC(=O)N(C2CCCC2)C1. The Morgan fingerprint density at radius 1 is 1.13 bits per heavy atom. The molecule has 1 saturated carbocycles. The second-order valence-corrected chi connectivity index (χ2v) is 10.1. The molecular formula is C21H29N3O5S. The van der Waals surface area contributed by atoms with Crippen LogP contribution in [0.25, 0.3) is 0 Å². The summed E-state index contributed by atoms with van der Waals surface area (Å²) in [7, 11) is -3.65. The standard InChI is InChI=1S/C21H29N3O5S/c25-20-13-17(15-24(20)18-6-2-3-7-18)21(26)22-14-16-5-1-4-8-19(16)30(27,28)23-9-11-29-12-10-23/h1,4-5,8,17-18H,2-3,6-7,9-15H2,(H,22,26)/t17-/m0/s1. The molecule has 164 valence electrons. The number of nitrogens with one attached hydrogen (secondary N) is 1. The van der Waals surface area contributed by atoms with Crippen LogP contribution in [-0.2, 0) is 30.9 Å². The van der Waals surface area contributed by atoms with Crippen LogP contribution in [0, 0.1) is 5.92 Å². The third kappa shape index (κ3) is 4.38. The van der Waals surface area contributed by atoms with Crippen molar-refractivity contribution in [1.82, 2.24) is 14.5 Å². The highest BCUT2D eigenvalue weighted by molar-refractivity contribution is 7.89. The summed E-state index contributed by atoms with van der Waals surface area (Å²) in [6, 6.07) is 7.02. The Kier molecular flexibility index (Phi) is 6.40. The molecule has 3 fully saturated rings. The van der Waals surface area contributed by atoms with Crippen LogP contribution >= 0.6 is 0 Å². The molecule has 2 amide bonds. The summed E-state index contributed by atoms with van der Waals surface area (Å²) in [5, 5.41) is 2.86. The smallest absolute Gasteiger partial charge is 0.243 e. The molecule has 9 heteroatoms. The summed E-state index contributed by atoms with van der Waals surface area (Å²) in [6.07, 6.45) is 4.55. The molecule has 1 aromatic carbocycles. The number of ether oxygens (including phenoxy) is 1. The molecule has 1 atom stereocenters. The molecule has 1 aliphatic carbocycles. The van der Waals surface area contributed by atoms with Gasteiger partial charge in [-0.15, -0.1) is 0 Å². The zero-order valence-electron chi connectivity index (χ0n) is 17.1. The summed E-state index contributed by atoms with van der Waals surface area (Å²) in [4.78, 5) is 27.2. The van der Waals surface area contributed by atoms with Crippen LogP contribution in [0.1, 0.15) is 37.7 Å². The van der Waals surface area contributed by atoms with Gasteiger partial charge in [0.15, 0.2) is 0 Å². The molecule has 0 spiro atoms. The van der Waals surface area contributed by atoms with Crippen molar-refractivity contribution in [2.75, 3.05) is 32.8 Å². The number of benzene rings is 1. The van der Waals surface area contributed by atoms with Crippen molar-refractivity contribution in [3.8, 4) is 0 Å². The average molecular weight is 436 g/mol. The number of rotatable bonds is 6. The molecule has 30 heavy (non-hydrogen) atoms. The molecule has 4 rings (SSSR count). The van der Waals surface area contributed by atoms with Gasteiger partial charge in [0.25, 0.3) is 0 Å². The van der Waals surface area contributed by atoms with Gasteiger partial charge in [-0.2, -0.15) is 4.31 Å². The van der Waals surface area contributed by atoms with Gasteiger partial charge in [-0.05, 0) is 24.5 Å². The summed E-state index contributed by atoms with van der Waals surface area (Å²) < 4.78 is 32.8. The van der Waals surface area contributed by atoms with Gasteiger partial charge in [-0.25, -0.2) is 8.42 Å². The number of amides is 2. The van der Waals surface area contributed by atoms with Gasteiger partial charge in [0.1, 0.15) is 0 Å². The van der Waals surface area contributed by atoms with Gasteiger partial charge in [0.2, 0.25) is 21.8 Å². The minimum atomic E-state index is -3.65. The summed E-state index contributed by atoms with van der Waals surface area (Å²) in [5.74, 6) is -0.513. The normalized spacial score (nSPS) is 23.8. The van der Waals surface area contributed by atoms with Crippen LogP contribution in [0.2, 0.25) is 0 Å². The van der Waals surface area contributed by atoms with Crippen LogP contribution in [0.5, 0.6) is 0 Å². The third-order valence-corrected chi connectivity index (χ3v) is 8.31. The minimum absolute atomic E-state index is 0.0531. The number of carbonyl (C=O) groups is 2. The lowest BCUT2D eigenvalue weighted by Gasteiger charge is -2.27. The van der Waals surface area contributed by atoms with Gasteiger partial charge >= 0.3 is 0 Å². The molecule has 0 bridgehead atoms. The molecule has 8 nitrogen and oxygen atoms in total. The van der Waals surface area contributed by atoms with Gasteiger partial charge in [-0.1, -0.05) is 31.0 Å². The highest BCUT2D eigenvalue weighted by Crippen LogP contribution is 2.29. The second-order valence-electron chi connectivity index (χ2n) is 8.23. The predicted octanol–water partition coefficient (Wildman–Crippen LogP) is 1.11. The number of carbonyl (C=O) groups excluding carboxylic acids is 2. The van der Waals surface area contributed by atoms with E-state index in [1.165, 1.54) is 4.31 Å². The van der Waals surface area contributed by atoms with Crippen molar-refractivity contribution >= 4 is 21.8 Å². The molecule has 0 unspecified atom stereocenters. The van der Waals surface area contributed by atoms with E-state index in [0.717, 1.165) is 25.7 Å². The molecule has 2 heterocycles. The zero-order chi connectivity index (χ0) is 21.1. The van der Waals surface area contributed by atoms with Gasteiger partial charge < -0.3 is 15.0 Å². The first-order valence-electron chi connectivity index (χ1n) is 10.7. The average Bonchev–Trinajstić information content (AvgIpc) is 3.42. The Balaban J connectivity index is 1.41. The zero-order valence-corrected chi connectivity index (χ0v) is 17.9. The van der Waals surface area contributed by atoms with Gasteiger partial charge in [0.05, 0.1) is 24.0 Å². The fraction of sp³-hybridized carbons (Fsp3) is 0.619. The Morgan fingerprint density at radius 3 is 2.57 bits per heavy atom. The summed E-state index contributed by atoms with van der Waals surface area (Å²) in [6.45, 7) is 1.99. The molecule has 2 saturated heterocycles. The highest BCUT2D eigenvalue weighted by Gasteiger charge is 2.38. The Hall–Kier alpha value is -1.97. The first-order chi connectivity index (χ1) is 14.5. The van der Waals surface area contributed by atoms with Gasteiger partial charge in [0, 0.05) is 38.6 Å². The van der Waals surface area contributed by atoms with Crippen molar-refractivity contribution in [2.45, 2.75) is 49.6 Å². The Morgan fingerprint density at radius 2 is 1.83 bits per heavy atom. The van der Waals surface area contributed by atoms with Crippen molar-refractivity contribution in [2.24, 2.45) is 5.92 Å². The van der Waals surface area contributed by atoms with E-state index in [1.54, 1.807) is 24.3 Å². The van der Waals surface area contributed by atoms with Crippen molar-refractivity contribution < 1.29 is 22.7 Å². The number of hydrogen-bond donors (Lipinski definition) is 1. The third-order valence-electron chi connectivity index (χ3n) is 6.31. The molecule has 0 radical (unpaired) electrons. The van der Waals surface area contributed by atoms with Gasteiger partial charge in [-0.3, -0.25) is 9.59 Å². The topological polar surface area (TPSA) is 96.0 Å². The van der Waals surface area contributed by atoms with E-state index >= 15 is 0 Å². The maximum Gasteiger partial charge on any atom is 0.243 e. The molecule has 2 aliphatic heterocycles. The number of sulfonamides is 1. The number of nitrogens with zero attached hydrogens (tertiary/aromatic N) is 2. The maximum atomic E-state index is 13.0. The van der Waals surface area contributed by atoms with Crippen molar-refractivity contribution in [3.05, 3.63) is 29.8 Å². The molecule has 1 aromatic rings. The number of morpholine rings is 1. The van der Waals surface area contributed by atoms with E-state index in [9.17, 15) is 18.0 Å². The van der Waals surface area contributed by atoms with E-state index in [-0.39, 0.29) is 41.6 Å². The summed E-state index contributed by atoms with van der Waals surface area (Å²) in [5.41, 5.74) is 0.550. The highest BCUT2D eigenvalue weighted by atomic mass is 32.2. The van der Waals surface area contributed by atoms with E-state index in [2.05, 4.69) is 5.32 Å². The Labute approximate surface area is 177 Å². The molecule has 3 aliphatic rings. The summed E-state index contributed by atoms with van der Waals surface area (Å²) >= 11 is 0. The lowest BCUT2D eigenvalue weighted by Crippen LogP contribution is -2.41. The van der Waals surface area contributed by atoms with Crippen LogP contribution in [-0.4, -0.2) is 68.3 Å². The predicted molar refractivity (Wildman–Crippen MR) is 110 cm³/mol. The fourth-order valence-electron chi connectivity index (χ4n) is 4.63. The monoisotopic (exact) mass is 435 g/mol. The van der Waals surface area contributed by atoms with Crippen LogP contribution < -0.4 is 5.32 Å². The first kappa shape index (κ1) is 21.3. The Bertz CT molecular complexity index is 892. The van der Waals surface area contributed by atoms with Crippen molar-refractivity contribution in [3.63, 3.8) is 0 Å². The molecular weight excluding hydrogens is 406 g/mol. The first-order valence-corrected chi connectivity index (χ1v) is 12.1. The largest absolute Gasteiger partial charge is 0.379 e. The minimum Gasteiger partial charge on any atom is -0.379 e. The number of hydrogen-bond acceptors (Lipinski definition) is 5. The van der Waals surface area contributed by atoms with Crippen LogP contribution in [0.4, 0.5) is 0 Å². The van der Waals surface area contributed by atoms with E-state index in [4.69, 9.17) is 4.74 Å². The maximum absolute atomic E-state index is 13.0. The van der Waals surface area contributed by atoms with Crippen molar-refractivity contribution in [1.29, 1.82) is 0 Å². The lowest BCUT2D eigenvalue weighted by molar-refractivity contribution is -0.130. The lowest BCUT2D eigenvalue weighted by atomic mass is 10.1. The van der Waals surface area contributed by atoms with E-state index in [1.807, 2.05) is 4.90 Å². The van der Waals surface area contributed by atoms with Crippen LogP contribution in [0.3, 0.4) is 0 Å². The molecule has 0 aromatic heterocycles. The van der Waals surface area contributed by atoms with E-state index < -0.39 is 10.0 Å². The number of likely N-dealkylation sites (tertiary alicyclic amines) is 1.